The number of quaternary nitrogens is 1. The monoisotopic (exact) mass is 268 g/mol. The smallest absolute Gasteiger partial charge is 0.364 e. The maximum Gasteiger partial charge on any atom is 0.364 e. The predicted molar refractivity (Wildman–Crippen MR) is 60.3 cm³/mol. The number of hydrogen-bond acceptors (Lipinski definition) is 2. The van der Waals surface area contributed by atoms with Crippen LogP contribution in [0.5, 0.6) is 0 Å². The summed E-state index contributed by atoms with van der Waals surface area (Å²) in [5.74, 6) is 0. The van der Waals surface area contributed by atoms with Gasteiger partial charge in [0.05, 0.1) is 0 Å². The van der Waals surface area contributed by atoms with Crippen molar-refractivity contribution in [3.8, 4) is 0 Å². The van der Waals surface area contributed by atoms with Crippen molar-refractivity contribution in [3.63, 3.8) is 0 Å². The van der Waals surface area contributed by atoms with E-state index in [1.54, 1.807) is 30.3 Å². The summed E-state index contributed by atoms with van der Waals surface area (Å²) in [6.07, 6.45) is 0. The van der Waals surface area contributed by atoms with Gasteiger partial charge in [0.2, 0.25) is 0 Å². The van der Waals surface area contributed by atoms with Crippen LogP contribution in [0, 0.1) is 10.4 Å². The standard InChI is InChI=1S/C8H6Cl3N2O2/c9-7(13(14)15)8(10,11)12-6-4-2-1-3-5-6/h1-5,12H/q-1/p+1. The molecular weight excluding hydrogens is 262 g/mol. The third kappa shape index (κ3) is 3.43. The molecular formula is C8H7Cl3N2O2. The van der Waals surface area contributed by atoms with Crippen LogP contribution in [0.3, 0.4) is 0 Å². The fourth-order valence-corrected chi connectivity index (χ4v) is 1.38. The highest BCUT2D eigenvalue weighted by atomic mass is 35.5. The van der Waals surface area contributed by atoms with Crippen molar-refractivity contribution >= 4 is 45.7 Å². The van der Waals surface area contributed by atoms with Crippen molar-refractivity contribution in [2.75, 3.05) is 0 Å². The van der Waals surface area contributed by atoms with E-state index in [9.17, 15) is 10.4 Å². The number of hydrogen-bond donors (Lipinski definition) is 1. The summed E-state index contributed by atoms with van der Waals surface area (Å²) in [5, 5.41) is 21.3. The molecule has 1 aromatic carbocycles. The first-order valence-electron chi connectivity index (χ1n) is 3.89. The normalized spacial score (nSPS) is 11.1. The highest BCUT2D eigenvalue weighted by molar-refractivity contribution is 6.77. The molecule has 0 aliphatic rings. The molecule has 4 nitrogen and oxygen atoms in total. The number of para-hydroxylation sites is 1. The van der Waals surface area contributed by atoms with Gasteiger partial charge in [-0.3, -0.25) is 5.32 Å². The van der Waals surface area contributed by atoms with Crippen molar-refractivity contribution in [2.24, 2.45) is 0 Å². The van der Waals surface area contributed by atoms with Gasteiger partial charge in [-0.2, -0.15) is 4.90 Å². The molecule has 2 N–H and O–H groups in total. The number of benzene rings is 1. The topological polar surface area (TPSA) is 65.7 Å². The highest BCUT2D eigenvalue weighted by Crippen LogP contribution is 2.18. The van der Waals surface area contributed by atoms with E-state index >= 15 is 0 Å². The maximum atomic E-state index is 10.4. The Morgan fingerprint density at radius 3 is 2.20 bits per heavy atom. The van der Waals surface area contributed by atoms with Crippen molar-refractivity contribution in [2.45, 2.75) is 4.46 Å². The predicted octanol–water partition coefficient (Wildman–Crippen LogP) is 1.66. The summed E-state index contributed by atoms with van der Waals surface area (Å²) in [6.45, 7) is 0. The van der Waals surface area contributed by atoms with Crippen molar-refractivity contribution in [3.05, 3.63) is 40.7 Å². The number of rotatable bonds is 3. The minimum atomic E-state index is -1.81. The number of nitrogens with two attached hydrogens (primary N) is 1. The van der Waals surface area contributed by atoms with Gasteiger partial charge < -0.3 is 10.4 Å². The number of nitrogens with zero attached hydrogens (tertiary/aromatic N) is 1. The minimum absolute atomic E-state index is 0.655. The molecule has 0 aliphatic heterocycles. The molecule has 1 aromatic rings. The van der Waals surface area contributed by atoms with Crippen LogP contribution in [-0.4, -0.2) is 14.5 Å². The average molecular weight is 270 g/mol. The van der Waals surface area contributed by atoms with Crippen LogP contribution < -0.4 is 5.32 Å². The van der Waals surface area contributed by atoms with Crippen molar-refractivity contribution in [1.29, 1.82) is 0 Å². The molecule has 0 aliphatic carbocycles. The third-order valence-electron chi connectivity index (χ3n) is 1.58. The van der Waals surface area contributed by atoms with Gasteiger partial charge in [-0.25, -0.2) is 0 Å². The molecule has 0 heterocycles. The lowest BCUT2D eigenvalue weighted by atomic mass is 10.3. The van der Waals surface area contributed by atoms with E-state index in [1.165, 1.54) is 5.32 Å². The Balaban J connectivity index is 2.87. The van der Waals surface area contributed by atoms with Crippen LogP contribution in [-0.2, 0) is 0 Å². The summed E-state index contributed by atoms with van der Waals surface area (Å²) in [6, 6.07) is 8.75. The van der Waals surface area contributed by atoms with Crippen LogP contribution in [0.15, 0.2) is 30.3 Å². The van der Waals surface area contributed by atoms with Crippen LogP contribution in [0.1, 0.15) is 0 Å². The van der Waals surface area contributed by atoms with Gasteiger partial charge in [0.15, 0.2) is 0 Å². The van der Waals surface area contributed by atoms with Crippen LogP contribution in [0.25, 0.3) is 0 Å². The highest BCUT2D eigenvalue weighted by Gasteiger charge is 2.41. The molecule has 7 heteroatoms. The minimum Gasteiger partial charge on any atom is -0.611 e. The molecule has 0 unspecified atom stereocenters. The molecule has 0 aromatic heterocycles. The zero-order valence-corrected chi connectivity index (χ0v) is 9.63. The Labute approximate surface area is 101 Å². The second-order valence-corrected chi connectivity index (χ2v) is 4.47. The Morgan fingerprint density at radius 2 is 1.73 bits per heavy atom. The summed E-state index contributed by atoms with van der Waals surface area (Å²) in [5.41, 5.74) is 0.655. The van der Waals surface area contributed by atoms with Gasteiger partial charge in [0.25, 0.3) is 0 Å². The number of alkyl halides is 2. The Kier molecular flexibility index (Phi) is 4.04. The van der Waals surface area contributed by atoms with E-state index in [1.807, 2.05) is 0 Å². The average Bonchev–Trinajstić information content (AvgIpc) is 2.17. The van der Waals surface area contributed by atoms with Crippen LogP contribution in [0.2, 0.25) is 0 Å². The van der Waals surface area contributed by atoms with Crippen molar-refractivity contribution < 1.29 is 10.2 Å². The van der Waals surface area contributed by atoms with E-state index in [0.29, 0.717) is 5.69 Å². The lowest BCUT2D eigenvalue weighted by molar-refractivity contribution is -0.593. The first-order chi connectivity index (χ1) is 6.93. The van der Waals surface area contributed by atoms with Gasteiger partial charge in [0, 0.05) is 0 Å². The van der Waals surface area contributed by atoms with Gasteiger partial charge >= 0.3 is 9.63 Å². The van der Waals surface area contributed by atoms with Gasteiger partial charge in [0.1, 0.15) is 5.69 Å². The molecule has 0 amide bonds. The molecule has 82 valence electrons. The molecule has 0 saturated carbocycles. The quantitative estimate of drug-likeness (QED) is 0.226. The molecule has 0 saturated heterocycles. The Bertz CT molecular complexity index is 363. The maximum absolute atomic E-state index is 10.4. The zero-order chi connectivity index (χ0) is 11.5. The van der Waals surface area contributed by atoms with Gasteiger partial charge in [-0.1, -0.05) is 18.2 Å². The Morgan fingerprint density at radius 1 is 1.20 bits per heavy atom. The zero-order valence-electron chi connectivity index (χ0n) is 7.36. The Hall–Kier alpha value is -0.680. The lowest BCUT2D eigenvalue weighted by Gasteiger charge is -2.15. The van der Waals surface area contributed by atoms with E-state index < -0.39 is 14.5 Å². The van der Waals surface area contributed by atoms with Crippen LogP contribution in [0.4, 0.5) is 5.69 Å². The summed E-state index contributed by atoms with van der Waals surface area (Å²) in [4.78, 5) is -0.818. The summed E-state index contributed by atoms with van der Waals surface area (Å²) >= 11 is 16.8. The summed E-state index contributed by atoms with van der Waals surface area (Å²) in [7, 11) is 0. The molecule has 0 bridgehead atoms. The first-order valence-corrected chi connectivity index (χ1v) is 5.03. The first kappa shape index (κ1) is 12.4. The third-order valence-corrected chi connectivity index (χ3v) is 2.79. The van der Waals surface area contributed by atoms with Crippen molar-refractivity contribution in [1.82, 2.24) is 0 Å². The molecule has 0 radical (unpaired) electrons. The fraction of sp³-hybridized carbons (Fsp3) is 0.125. The van der Waals surface area contributed by atoms with Gasteiger partial charge in [-0.15, -0.1) is 0 Å². The largest absolute Gasteiger partial charge is 0.611 e. The molecule has 15 heavy (non-hydrogen) atoms. The molecule has 1 rings (SSSR count). The van der Waals surface area contributed by atoms with E-state index in [0.717, 1.165) is 0 Å². The summed E-state index contributed by atoms with van der Waals surface area (Å²) < 4.78 is -1.81. The second kappa shape index (κ2) is 4.90. The number of halogens is 3. The molecule has 0 spiro atoms. The van der Waals surface area contributed by atoms with E-state index in [2.05, 4.69) is 0 Å². The SMILES string of the molecule is [O-][N+]([O-])=C(Cl)C(Cl)(Cl)[NH2+]c1ccccc1. The molecule has 0 atom stereocenters. The van der Waals surface area contributed by atoms with Gasteiger partial charge in [-0.05, 0) is 46.9 Å². The lowest BCUT2D eigenvalue weighted by Crippen LogP contribution is -2.90. The molecule has 0 fully saturated rings. The van der Waals surface area contributed by atoms with E-state index in [4.69, 9.17) is 34.8 Å². The second-order valence-electron chi connectivity index (χ2n) is 2.73. The van der Waals surface area contributed by atoms with Crippen LogP contribution >= 0.6 is 34.8 Å². The fourth-order valence-electron chi connectivity index (χ4n) is 0.940. The van der Waals surface area contributed by atoms with E-state index in [-0.39, 0.29) is 0 Å².